The Hall–Kier alpha value is 0.270. The van der Waals surface area contributed by atoms with Gasteiger partial charge in [-0.15, -0.1) is 11.8 Å². The highest BCUT2D eigenvalue weighted by atomic mass is 32.2. The third-order valence-electron chi connectivity index (χ3n) is 0.818. The molecule has 1 N–H and O–H groups in total. The van der Waals surface area contributed by atoms with Gasteiger partial charge in [0, 0.05) is 13.2 Å². The van der Waals surface area contributed by atoms with Crippen molar-refractivity contribution >= 4 is 11.8 Å². The summed E-state index contributed by atoms with van der Waals surface area (Å²) in [6.45, 7) is 3.05. The number of rotatable bonds is 6. The molecule has 0 bridgehead atoms. The second kappa shape index (κ2) is 8.27. The van der Waals surface area contributed by atoms with Crippen LogP contribution in [0.2, 0.25) is 0 Å². The minimum atomic E-state index is 0.291. The lowest BCUT2D eigenvalue weighted by Gasteiger charge is -1.98. The van der Waals surface area contributed by atoms with Crippen LogP contribution in [0, 0.1) is 0 Å². The number of hydrogen-bond acceptors (Lipinski definition) is 3. The van der Waals surface area contributed by atoms with Gasteiger partial charge in [-0.3, -0.25) is 0 Å². The van der Waals surface area contributed by atoms with E-state index in [-0.39, 0.29) is 0 Å². The van der Waals surface area contributed by atoms with Gasteiger partial charge in [-0.1, -0.05) is 0 Å². The number of aliphatic hydroxyl groups is 1. The second-order valence-electron chi connectivity index (χ2n) is 1.60. The first-order chi connectivity index (χ1) is 4.41. The largest absolute Gasteiger partial charge is 0.396 e. The van der Waals surface area contributed by atoms with Gasteiger partial charge >= 0.3 is 0 Å². The summed E-state index contributed by atoms with van der Waals surface area (Å²) in [5, 5.41) is 8.37. The van der Waals surface area contributed by atoms with Gasteiger partial charge in [0.1, 0.15) is 0 Å². The minimum Gasteiger partial charge on any atom is -0.396 e. The fourth-order valence-electron chi connectivity index (χ4n) is 0.368. The van der Waals surface area contributed by atoms with Crippen LogP contribution in [-0.4, -0.2) is 30.0 Å². The Bertz CT molecular complexity index is 44.3. The van der Waals surface area contributed by atoms with E-state index >= 15 is 0 Å². The summed E-state index contributed by atoms with van der Waals surface area (Å²) >= 11 is 1.72. The van der Waals surface area contributed by atoms with Gasteiger partial charge in [-0.05, 0) is 19.1 Å². The molecule has 0 aliphatic heterocycles. The predicted molar refractivity (Wildman–Crippen MR) is 40.7 cm³/mol. The van der Waals surface area contributed by atoms with E-state index in [9.17, 15) is 0 Å². The van der Waals surface area contributed by atoms with Gasteiger partial charge in [0.25, 0.3) is 0 Å². The van der Waals surface area contributed by atoms with Crippen LogP contribution >= 0.6 is 11.8 Å². The zero-order valence-electron chi connectivity index (χ0n) is 5.80. The first kappa shape index (κ1) is 9.27. The zero-order valence-corrected chi connectivity index (χ0v) is 6.62. The van der Waals surface area contributed by atoms with Crippen LogP contribution in [0.15, 0.2) is 0 Å². The van der Waals surface area contributed by atoms with Crippen molar-refractivity contribution in [2.24, 2.45) is 0 Å². The number of thioether (sulfide) groups is 1. The van der Waals surface area contributed by atoms with Crippen LogP contribution in [0.1, 0.15) is 13.3 Å². The molecule has 3 heteroatoms. The molecule has 0 aliphatic carbocycles. The summed E-state index contributed by atoms with van der Waals surface area (Å²) in [4.78, 5) is 0. The topological polar surface area (TPSA) is 29.5 Å². The van der Waals surface area contributed by atoms with Gasteiger partial charge in [0.2, 0.25) is 0 Å². The maximum Gasteiger partial charge on any atom is 0.0920 e. The van der Waals surface area contributed by atoms with E-state index in [1.165, 1.54) is 0 Å². The monoisotopic (exact) mass is 150 g/mol. The predicted octanol–water partition coefficient (Wildman–Crippen LogP) is 1.10. The Kier molecular flexibility index (Phi) is 8.52. The van der Waals surface area contributed by atoms with Crippen molar-refractivity contribution in [2.45, 2.75) is 13.3 Å². The van der Waals surface area contributed by atoms with Crippen molar-refractivity contribution < 1.29 is 9.84 Å². The number of hydrogen-bond donors (Lipinski definition) is 1. The molecule has 0 atom stereocenters. The highest BCUT2D eigenvalue weighted by Crippen LogP contribution is 2.01. The standard InChI is InChI=1S/C6H14O2S/c1-2-8-6-9-5-3-4-7/h7H,2-6H2,1H3. The lowest BCUT2D eigenvalue weighted by Crippen LogP contribution is -1.91. The summed E-state index contributed by atoms with van der Waals surface area (Å²) in [6, 6.07) is 0. The van der Waals surface area contributed by atoms with Crippen LogP contribution < -0.4 is 0 Å². The Balaban J connectivity index is 2.60. The molecule has 0 saturated heterocycles. The van der Waals surface area contributed by atoms with Crippen LogP contribution in [-0.2, 0) is 4.74 Å². The van der Waals surface area contributed by atoms with E-state index in [0.717, 1.165) is 24.7 Å². The third kappa shape index (κ3) is 8.27. The Morgan fingerprint density at radius 3 is 2.89 bits per heavy atom. The maximum absolute atomic E-state index is 8.37. The van der Waals surface area contributed by atoms with E-state index in [1.54, 1.807) is 11.8 Å². The molecule has 0 radical (unpaired) electrons. The average Bonchev–Trinajstić information content (AvgIpc) is 1.89. The molecule has 0 aliphatic rings. The van der Waals surface area contributed by atoms with Gasteiger partial charge in [-0.25, -0.2) is 0 Å². The molecule has 0 amide bonds. The van der Waals surface area contributed by atoms with Crippen molar-refractivity contribution in [2.75, 3.05) is 24.9 Å². The van der Waals surface area contributed by atoms with E-state index in [2.05, 4.69) is 0 Å². The minimum absolute atomic E-state index is 0.291. The van der Waals surface area contributed by atoms with E-state index in [4.69, 9.17) is 9.84 Å². The van der Waals surface area contributed by atoms with E-state index in [0.29, 0.717) is 6.61 Å². The summed E-state index contributed by atoms with van der Waals surface area (Å²) in [6.07, 6.45) is 0.873. The molecular formula is C6H14O2S. The quantitative estimate of drug-likeness (QED) is 0.454. The molecule has 0 aromatic heterocycles. The fourth-order valence-corrected chi connectivity index (χ4v) is 1.10. The SMILES string of the molecule is CCOCSCCCO. The molecule has 2 nitrogen and oxygen atoms in total. The lowest BCUT2D eigenvalue weighted by molar-refractivity contribution is 0.199. The molecule has 0 rings (SSSR count). The van der Waals surface area contributed by atoms with Crippen molar-refractivity contribution in [1.29, 1.82) is 0 Å². The lowest BCUT2D eigenvalue weighted by atomic mass is 10.5. The summed E-state index contributed by atoms with van der Waals surface area (Å²) in [7, 11) is 0. The Morgan fingerprint density at radius 2 is 2.33 bits per heavy atom. The number of ether oxygens (including phenoxy) is 1. The molecular weight excluding hydrogens is 136 g/mol. The molecule has 56 valence electrons. The van der Waals surface area contributed by atoms with Crippen molar-refractivity contribution in [3.63, 3.8) is 0 Å². The molecule has 9 heavy (non-hydrogen) atoms. The summed E-state index contributed by atoms with van der Waals surface area (Å²) in [5.74, 6) is 1.76. The fraction of sp³-hybridized carbons (Fsp3) is 1.00. The van der Waals surface area contributed by atoms with Crippen LogP contribution in [0.5, 0.6) is 0 Å². The van der Waals surface area contributed by atoms with Crippen LogP contribution in [0.4, 0.5) is 0 Å². The number of aliphatic hydroxyl groups excluding tert-OH is 1. The highest BCUT2D eigenvalue weighted by molar-refractivity contribution is 7.99. The van der Waals surface area contributed by atoms with Crippen molar-refractivity contribution in [3.05, 3.63) is 0 Å². The highest BCUT2D eigenvalue weighted by Gasteiger charge is 1.85. The van der Waals surface area contributed by atoms with Crippen LogP contribution in [0.3, 0.4) is 0 Å². The first-order valence-electron chi connectivity index (χ1n) is 3.18. The summed E-state index contributed by atoms with van der Waals surface area (Å²) < 4.78 is 5.06. The first-order valence-corrected chi connectivity index (χ1v) is 4.33. The van der Waals surface area contributed by atoms with E-state index < -0.39 is 0 Å². The van der Waals surface area contributed by atoms with Gasteiger partial charge in [0.15, 0.2) is 0 Å². The molecule has 0 unspecified atom stereocenters. The normalized spacial score (nSPS) is 10.0. The average molecular weight is 150 g/mol. The maximum atomic E-state index is 8.37. The second-order valence-corrected chi connectivity index (χ2v) is 2.65. The van der Waals surface area contributed by atoms with Crippen LogP contribution in [0.25, 0.3) is 0 Å². The van der Waals surface area contributed by atoms with Gasteiger partial charge < -0.3 is 9.84 Å². The Labute approximate surface area is 60.6 Å². The summed E-state index contributed by atoms with van der Waals surface area (Å²) in [5.41, 5.74) is 0. The molecule has 0 aromatic rings. The van der Waals surface area contributed by atoms with Gasteiger partial charge in [-0.2, -0.15) is 0 Å². The zero-order chi connectivity index (χ0) is 6.95. The molecule has 0 heterocycles. The van der Waals surface area contributed by atoms with Crippen molar-refractivity contribution in [1.82, 2.24) is 0 Å². The molecule has 0 aromatic carbocycles. The Morgan fingerprint density at radius 1 is 1.56 bits per heavy atom. The molecule has 0 saturated carbocycles. The third-order valence-corrected chi connectivity index (χ3v) is 1.73. The smallest absolute Gasteiger partial charge is 0.0920 e. The van der Waals surface area contributed by atoms with Gasteiger partial charge in [0.05, 0.1) is 5.94 Å². The van der Waals surface area contributed by atoms with Crippen molar-refractivity contribution in [3.8, 4) is 0 Å². The molecule has 0 fully saturated rings. The molecule has 0 spiro atoms. The van der Waals surface area contributed by atoms with E-state index in [1.807, 2.05) is 6.92 Å².